The lowest BCUT2D eigenvalue weighted by molar-refractivity contribution is -0.128. The van der Waals surface area contributed by atoms with Crippen molar-refractivity contribution in [3.05, 3.63) is 23.5 Å². The minimum atomic E-state index is -0.434. The predicted octanol–water partition coefficient (Wildman–Crippen LogP) is 1.48. The number of rotatable bonds is 3. The number of aromatic nitrogens is 1. The van der Waals surface area contributed by atoms with Gasteiger partial charge in [0, 0.05) is 13.1 Å². The molecule has 2 heterocycles. The Labute approximate surface area is 116 Å². The molecule has 1 aliphatic rings. The van der Waals surface area contributed by atoms with Gasteiger partial charge in [0.05, 0.1) is 18.4 Å². The molecule has 1 fully saturated rings. The van der Waals surface area contributed by atoms with E-state index in [0.29, 0.717) is 10.8 Å². The Hall–Kier alpha value is -1.82. The lowest BCUT2D eigenvalue weighted by atomic mass is 10.4. The second kappa shape index (κ2) is 6.38. The molecule has 1 aliphatic heterocycles. The Bertz CT molecular complexity index is 457. The van der Waals surface area contributed by atoms with Gasteiger partial charge in [-0.25, -0.2) is 9.78 Å². The van der Waals surface area contributed by atoms with E-state index in [4.69, 9.17) is 11.6 Å². The molecule has 19 heavy (non-hydrogen) atoms. The molecule has 0 bridgehead atoms. The van der Waals surface area contributed by atoms with Crippen molar-refractivity contribution in [2.75, 3.05) is 25.0 Å². The summed E-state index contributed by atoms with van der Waals surface area (Å²) in [6.45, 7) is 1.57. The average molecular weight is 283 g/mol. The maximum absolute atomic E-state index is 11.7. The van der Waals surface area contributed by atoms with Gasteiger partial charge in [-0.2, -0.15) is 0 Å². The second-order valence-corrected chi connectivity index (χ2v) is 4.65. The number of pyridine rings is 1. The zero-order valence-electron chi connectivity index (χ0n) is 10.4. The van der Waals surface area contributed by atoms with Crippen LogP contribution in [-0.4, -0.2) is 41.5 Å². The van der Waals surface area contributed by atoms with Gasteiger partial charge in [0.15, 0.2) is 0 Å². The zero-order valence-corrected chi connectivity index (χ0v) is 11.1. The average Bonchev–Trinajstić information content (AvgIpc) is 2.93. The van der Waals surface area contributed by atoms with E-state index in [1.165, 1.54) is 6.20 Å². The van der Waals surface area contributed by atoms with Crippen molar-refractivity contribution in [3.8, 4) is 0 Å². The van der Waals surface area contributed by atoms with Crippen LogP contribution in [0.4, 0.5) is 10.5 Å². The number of nitrogens with zero attached hydrogens (tertiary/aromatic N) is 2. The number of nitrogens with one attached hydrogen (secondary N) is 2. The molecule has 0 saturated carbocycles. The molecule has 2 N–H and O–H groups in total. The highest BCUT2D eigenvalue weighted by molar-refractivity contribution is 6.29. The number of likely N-dealkylation sites (tertiary alicyclic amines) is 1. The number of urea groups is 1. The molecule has 6 nitrogen and oxygen atoms in total. The predicted molar refractivity (Wildman–Crippen MR) is 72.1 cm³/mol. The Kier molecular flexibility index (Phi) is 4.57. The van der Waals surface area contributed by atoms with E-state index in [9.17, 15) is 9.59 Å². The second-order valence-electron chi connectivity index (χ2n) is 4.27. The molecule has 0 spiro atoms. The fourth-order valence-corrected chi connectivity index (χ4v) is 1.97. The van der Waals surface area contributed by atoms with Gasteiger partial charge in [0.25, 0.3) is 0 Å². The van der Waals surface area contributed by atoms with Crippen LogP contribution in [0.3, 0.4) is 0 Å². The van der Waals surface area contributed by atoms with Gasteiger partial charge in [-0.3, -0.25) is 4.79 Å². The van der Waals surface area contributed by atoms with E-state index < -0.39 is 6.03 Å². The molecule has 1 aromatic heterocycles. The van der Waals surface area contributed by atoms with Crippen LogP contribution >= 0.6 is 11.6 Å². The molecular weight excluding hydrogens is 268 g/mol. The SMILES string of the molecule is O=C(NCC(=O)N1CCCC1)Nc1ccc(Cl)nc1. The van der Waals surface area contributed by atoms with Crippen molar-refractivity contribution in [2.24, 2.45) is 0 Å². The normalized spacial score (nSPS) is 14.3. The number of halogens is 1. The highest BCUT2D eigenvalue weighted by atomic mass is 35.5. The molecule has 2 rings (SSSR count). The summed E-state index contributed by atoms with van der Waals surface area (Å²) in [4.78, 5) is 28.9. The largest absolute Gasteiger partial charge is 0.341 e. The van der Waals surface area contributed by atoms with Crippen LogP contribution in [0.1, 0.15) is 12.8 Å². The summed E-state index contributed by atoms with van der Waals surface area (Å²) < 4.78 is 0. The Morgan fingerprint density at radius 2 is 2.05 bits per heavy atom. The zero-order chi connectivity index (χ0) is 13.7. The van der Waals surface area contributed by atoms with Gasteiger partial charge >= 0.3 is 6.03 Å². The van der Waals surface area contributed by atoms with Crippen LogP contribution < -0.4 is 10.6 Å². The Morgan fingerprint density at radius 3 is 2.68 bits per heavy atom. The van der Waals surface area contributed by atoms with E-state index in [1.54, 1.807) is 17.0 Å². The van der Waals surface area contributed by atoms with E-state index in [1.807, 2.05) is 0 Å². The summed E-state index contributed by atoms with van der Waals surface area (Å²) in [7, 11) is 0. The Morgan fingerprint density at radius 1 is 1.32 bits per heavy atom. The molecule has 3 amide bonds. The molecule has 7 heteroatoms. The third-order valence-electron chi connectivity index (χ3n) is 2.84. The van der Waals surface area contributed by atoms with Crippen LogP contribution in [0.15, 0.2) is 18.3 Å². The van der Waals surface area contributed by atoms with Crippen LogP contribution in [0.5, 0.6) is 0 Å². The van der Waals surface area contributed by atoms with Gasteiger partial charge in [-0.15, -0.1) is 0 Å². The third-order valence-corrected chi connectivity index (χ3v) is 3.07. The molecular formula is C12H15ClN4O2. The summed E-state index contributed by atoms with van der Waals surface area (Å²) in [6, 6.07) is 2.78. The number of anilines is 1. The maximum atomic E-state index is 11.7. The smallest absolute Gasteiger partial charge is 0.319 e. The van der Waals surface area contributed by atoms with E-state index in [0.717, 1.165) is 25.9 Å². The van der Waals surface area contributed by atoms with E-state index >= 15 is 0 Å². The number of hydrogen-bond acceptors (Lipinski definition) is 3. The van der Waals surface area contributed by atoms with E-state index in [-0.39, 0.29) is 12.5 Å². The fourth-order valence-electron chi connectivity index (χ4n) is 1.86. The van der Waals surface area contributed by atoms with Crippen molar-refractivity contribution in [2.45, 2.75) is 12.8 Å². The summed E-state index contributed by atoms with van der Waals surface area (Å²) in [5, 5.41) is 5.45. The van der Waals surface area contributed by atoms with Gasteiger partial charge in [-0.1, -0.05) is 11.6 Å². The minimum Gasteiger partial charge on any atom is -0.341 e. The molecule has 0 atom stereocenters. The molecule has 0 aromatic carbocycles. The Balaban J connectivity index is 1.75. The topological polar surface area (TPSA) is 74.3 Å². The van der Waals surface area contributed by atoms with Crippen molar-refractivity contribution in [1.82, 2.24) is 15.2 Å². The van der Waals surface area contributed by atoms with Gasteiger partial charge < -0.3 is 15.5 Å². The van der Waals surface area contributed by atoms with Crippen LogP contribution in [0.25, 0.3) is 0 Å². The van der Waals surface area contributed by atoms with Crippen molar-refractivity contribution >= 4 is 29.2 Å². The minimum absolute atomic E-state index is 0.00680. The number of hydrogen-bond donors (Lipinski definition) is 2. The molecule has 102 valence electrons. The van der Waals surface area contributed by atoms with Crippen LogP contribution in [0.2, 0.25) is 5.15 Å². The molecule has 1 aromatic rings. The van der Waals surface area contributed by atoms with Crippen molar-refractivity contribution < 1.29 is 9.59 Å². The highest BCUT2D eigenvalue weighted by Crippen LogP contribution is 2.09. The number of carbonyl (C=O) groups excluding carboxylic acids is 2. The van der Waals surface area contributed by atoms with Gasteiger partial charge in [-0.05, 0) is 25.0 Å². The number of carbonyl (C=O) groups is 2. The van der Waals surface area contributed by atoms with Crippen LogP contribution in [0, 0.1) is 0 Å². The van der Waals surface area contributed by atoms with Gasteiger partial charge in [0.2, 0.25) is 5.91 Å². The lowest BCUT2D eigenvalue weighted by Crippen LogP contribution is -2.40. The monoisotopic (exact) mass is 282 g/mol. The van der Waals surface area contributed by atoms with E-state index in [2.05, 4.69) is 15.6 Å². The van der Waals surface area contributed by atoms with Crippen molar-refractivity contribution in [3.63, 3.8) is 0 Å². The fraction of sp³-hybridized carbons (Fsp3) is 0.417. The summed E-state index contributed by atoms with van der Waals surface area (Å²) >= 11 is 5.63. The first-order valence-corrected chi connectivity index (χ1v) is 6.47. The summed E-state index contributed by atoms with van der Waals surface area (Å²) in [5.41, 5.74) is 0.524. The first-order valence-electron chi connectivity index (χ1n) is 6.09. The summed E-state index contributed by atoms with van der Waals surface area (Å²) in [5.74, 6) is -0.0538. The quantitative estimate of drug-likeness (QED) is 0.825. The first-order chi connectivity index (χ1) is 9.15. The van der Waals surface area contributed by atoms with Gasteiger partial charge in [0.1, 0.15) is 5.15 Å². The first kappa shape index (κ1) is 13.6. The maximum Gasteiger partial charge on any atom is 0.319 e. The summed E-state index contributed by atoms with van der Waals surface area (Å²) in [6.07, 6.45) is 3.52. The number of amides is 3. The molecule has 0 aliphatic carbocycles. The highest BCUT2D eigenvalue weighted by Gasteiger charge is 2.17. The molecule has 0 unspecified atom stereocenters. The molecule has 1 saturated heterocycles. The lowest BCUT2D eigenvalue weighted by Gasteiger charge is -2.15. The van der Waals surface area contributed by atoms with Crippen LogP contribution in [-0.2, 0) is 4.79 Å². The standard InChI is InChI=1S/C12H15ClN4O2/c13-10-4-3-9(7-14-10)16-12(19)15-8-11(18)17-5-1-2-6-17/h3-4,7H,1-2,5-6,8H2,(H2,15,16,19). The van der Waals surface area contributed by atoms with Crippen molar-refractivity contribution in [1.29, 1.82) is 0 Å². The molecule has 0 radical (unpaired) electrons. The third kappa shape index (κ3) is 4.10.